The van der Waals surface area contributed by atoms with Crippen molar-refractivity contribution in [1.82, 2.24) is 4.90 Å². The Balaban J connectivity index is 2.27. The fourth-order valence-corrected chi connectivity index (χ4v) is 3.30. The molecule has 5 heteroatoms. The van der Waals surface area contributed by atoms with Gasteiger partial charge >= 0.3 is 6.18 Å². The molecule has 0 aliphatic carbocycles. The molecule has 132 valence electrons. The number of rotatable bonds is 1. The van der Waals surface area contributed by atoms with E-state index in [1.807, 2.05) is 0 Å². The van der Waals surface area contributed by atoms with Gasteiger partial charge in [0.2, 0.25) is 0 Å². The van der Waals surface area contributed by atoms with E-state index in [9.17, 15) is 17.6 Å². The van der Waals surface area contributed by atoms with E-state index >= 15 is 0 Å². The van der Waals surface area contributed by atoms with Crippen LogP contribution in [0.5, 0.6) is 0 Å². The molecule has 2 aromatic rings. The number of benzene rings is 2. The highest BCUT2D eigenvalue weighted by molar-refractivity contribution is 5.84. The van der Waals surface area contributed by atoms with Crippen molar-refractivity contribution in [2.45, 2.75) is 38.5 Å². The maximum Gasteiger partial charge on any atom is 0.413 e. The van der Waals surface area contributed by atoms with Crippen molar-refractivity contribution < 1.29 is 17.6 Å². The molecule has 0 saturated heterocycles. The van der Waals surface area contributed by atoms with Gasteiger partial charge in [-0.25, -0.2) is 4.39 Å². The molecule has 2 aromatic carbocycles. The third-order valence-corrected chi connectivity index (χ3v) is 4.27. The van der Waals surface area contributed by atoms with Crippen LogP contribution in [0.1, 0.15) is 43.5 Å². The summed E-state index contributed by atoms with van der Waals surface area (Å²) in [5.74, 6) is -0.421. The maximum absolute atomic E-state index is 14.0. The zero-order valence-electron chi connectivity index (χ0n) is 14.2. The lowest BCUT2D eigenvalue weighted by Crippen LogP contribution is -2.49. The minimum atomic E-state index is -4.44. The molecule has 1 atom stereocenters. The molecule has 0 aromatic heterocycles. The smallest absolute Gasteiger partial charge is 0.351 e. The molecule has 0 fully saturated rings. The SMILES string of the molecule is CC(C)(C)N1C(c2ccc(F)cc2)=Cc2ccccc2C1C(F)(F)F. The molecule has 0 radical (unpaired) electrons. The summed E-state index contributed by atoms with van der Waals surface area (Å²) < 4.78 is 55.4. The Bertz CT molecular complexity index is 798. The normalized spacial score (nSPS) is 18.0. The second-order valence-corrected chi connectivity index (χ2v) is 7.15. The average molecular weight is 349 g/mol. The van der Waals surface area contributed by atoms with Crippen molar-refractivity contribution in [2.24, 2.45) is 0 Å². The summed E-state index contributed by atoms with van der Waals surface area (Å²) in [5.41, 5.74) is 0.975. The first-order valence-electron chi connectivity index (χ1n) is 8.01. The standard InChI is InChI=1S/C20H19F4N/c1-19(2,3)25-17(13-8-10-15(21)11-9-13)12-14-6-4-5-7-16(14)18(25)20(22,23)24/h4-12,18H,1-3H3. The van der Waals surface area contributed by atoms with Crippen molar-refractivity contribution in [3.8, 4) is 0 Å². The van der Waals surface area contributed by atoms with E-state index in [0.717, 1.165) is 0 Å². The van der Waals surface area contributed by atoms with Crippen LogP contribution in [0.15, 0.2) is 48.5 Å². The van der Waals surface area contributed by atoms with Crippen LogP contribution < -0.4 is 0 Å². The quantitative estimate of drug-likeness (QED) is 0.567. The van der Waals surface area contributed by atoms with Gasteiger partial charge in [-0.15, -0.1) is 0 Å². The molecule has 0 bridgehead atoms. The lowest BCUT2D eigenvalue weighted by atomic mass is 9.87. The van der Waals surface area contributed by atoms with Gasteiger partial charge in [0.15, 0.2) is 6.04 Å². The van der Waals surface area contributed by atoms with Crippen LogP contribution in [0.3, 0.4) is 0 Å². The Morgan fingerprint density at radius 1 is 0.880 bits per heavy atom. The number of alkyl halides is 3. The highest BCUT2D eigenvalue weighted by atomic mass is 19.4. The third kappa shape index (κ3) is 3.28. The van der Waals surface area contributed by atoms with Gasteiger partial charge in [-0.3, -0.25) is 0 Å². The number of hydrogen-bond acceptors (Lipinski definition) is 1. The lowest BCUT2D eigenvalue weighted by molar-refractivity contribution is -0.187. The lowest BCUT2D eigenvalue weighted by Gasteiger charge is -2.48. The summed E-state index contributed by atoms with van der Waals surface area (Å²) >= 11 is 0. The molecule has 1 aliphatic heterocycles. The molecule has 0 spiro atoms. The summed E-state index contributed by atoms with van der Waals surface area (Å²) in [4.78, 5) is 1.38. The molecule has 25 heavy (non-hydrogen) atoms. The molecular weight excluding hydrogens is 330 g/mol. The van der Waals surface area contributed by atoms with E-state index in [1.165, 1.54) is 35.2 Å². The van der Waals surface area contributed by atoms with Crippen molar-refractivity contribution in [2.75, 3.05) is 0 Å². The van der Waals surface area contributed by atoms with E-state index in [-0.39, 0.29) is 5.56 Å². The third-order valence-electron chi connectivity index (χ3n) is 4.27. The van der Waals surface area contributed by atoms with Crippen LogP contribution in [0.4, 0.5) is 17.6 Å². The van der Waals surface area contributed by atoms with Crippen LogP contribution in [-0.2, 0) is 0 Å². The highest BCUT2D eigenvalue weighted by Crippen LogP contribution is 2.49. The first-order chi connectivity index (χ1) is 11.6. The van der Waals surface area contributed by atoms with Crippen LogP contribution in [-0.4, -0.2) is 16.6 Å². The van der Waals surface area contributed by atoms with Crippen molar-refractivity contribution >= 4 is 11.8 Å². The predicted octanol–water partition coefficient (Wildman–Crippen LogP) is 6.04. The molecule has 1 unspecified atom stereocenters. The van der Waals surface area contributed by atoms with E-state index in [4.69, 9.17) is 0 Å². The minimum absolute atomic E-state index is 0.232. The molecule has 1 nitrogen and oxygen atoms in total. The van der Waals surface area contributed by atoms with Crippen molar-refractivity contribution in [3.05, 3.63) is 71.0 Å². The van der Waals surface area contributed by atoms with Crippen molar-refractivity contribution in [1.29, 1.82) is 0 Å². The molecule has 0 saturated carbocycles. The zero-order chi connectivity index (χ0) is 18.4. The summed E-state index contributed by atoms with van der Waals surface area (Å²) in [6, 6.07) is 10.3. The summed E-state index contributed by atoms with van der Waals surface area (Å²) in [7, 11) is 0. The molecule has 1 aliphatic rings. The summed E-state index contributed by atoms with van der Waals surface area (Å²) in [6.45, 7) is 5.24. The van der Waals surface area contributed by atoms with Crippen LogP contribution in [0.2, 0.25) is 0 Å². The Kier molecular flexibility index (Phi) is 4.13. The Morgan fingerprint density at radius 2 is 1.48 bits per heavy atom. The van der Waals surface area contributed by atoms with Gasteiger partial charge in [-0.1, -0.05) is 24.3 Å². The van der Waals surface area contributed by atoms with Crippen molar-refractivity contribution in [3.63, 3.8) is 0 Å². The number of nitrogens with zero attached hydrogens (tertiary/aromatic N) is 1. The van der Waals surface area contributed by atoms with Crippen LogP contribution >= 0.6 is 0 Å². The van der Waals surface area contributed by atoms with Crippen LogP contribution in [0.25, 0.3) is 11.8 Å². The predicted molar refractivity (Wildman–Crippen MR) is 91.1 cm³/mol. The average Bonchev–Trinajstić information content (AvgIpc) is 2.52. The molecule has 1 heterocycles. The largest absolute Gasteiger partial charge is 0.413 e. The second kappa shape index (κ2) is 5.90. The van der Waals surface area contributed by atoms with Crippen LogP contribution in [0, 0.1) is 5.82 Å². The Hall–Kier alpha value is -2.30. The maximum atomic E-state index is 14.0. The monoisotopic (exact) mass is 349 g/mol. The van der Waals surface area contributed by atoms with Gasteiger partial charge in [0.05, 0.1) is 0 Å². The highest BCUT2D eigenvalue weighted by Gasteiger charge is 2.50. The molecule has 0 amide bonds. The topological polar surface area (TPSA) is 3.24 Å². The van der Waals surface area contributed by atoms with E-state index in [2.05, 4.69) is 0 Å². The van der Waals surface area contributed by atoms with Gasteiger partial charge in [0.1, 0.15) is 5.82 Å². The number of fused-ring (bicyclic) bond motifs is 1. The Labute approximate surface area is 144 Å². The van der Waals surface area contributed by atoms with Gasteiger partial charge in [-0.2, -0.15) is 13.2 Å². The van der Waals surface area contributed by atoms with Gasteiger partial charge in [0.25, 0.3) is 0 Å². The molecule has 0 N–H and O–H groups in total. The molecule has 3 rings (SSSR count). The fraction of sp³-hybridized carbons (Fsp3) is 0.300. The van der Waals surface area contributed by atoms with Gasteiger partial charge in [-0.05, 0) is 67.8 Å². The van der Waals surface area contributed by atoms with Gasteiger partial charge < -0.3 is 4.90 Å². The van der Waals surface area contributed by atoms with E-state index < -0.39 is 23.6 Å². The second-order valence-electron chi connectivity index (χ2n) is 7.15. The minimum Gasteiger partial charge on any atom is -0.351 e. The number of halogens is 4. The number of hydrogen-bond donors (Lipinski definition) is 0. The van der Waals surface area contributed by atoms with E-state index in [0.29, 0.717) is 16.8 Å². The van der Waals surface area contributed by atoms with Gasteiger partial charge in [0, 0.05) is 11.2 Å². The fourth-order valence-electron chi connectivity index (χ4n) is 3.30. The summed E-state index contributed by atoms with van der Waals surface area (Å²) in [5, 5.41) is 0. The first kappa shape index (κ1) is 17.5. The zero-order valence-corrected chi connectivity index (χ0v) is 14.2. The Morgan fingerprint density at radius 3 is 2.04 bits per heavy atom. The first-order valence-corrected chi connectivity index (χ1v) is 8.01. The summed E-state index contributed by atoms with van der Waals surface area (Å²) in [6.07, 6.45) is -2.70. The molecular formula is C20H19F4N. The van der Waals surface area contributed by atoms with E-state index in [1.54, 1.807) is 45.0 Å².